The van der Waals surface area contributed by atoms with Crippen LogP contribution in [0.3, 0.4) is 0 Å². The van der Waals surface area contributed by atoms with E-state index in [9.17, 15) is 4.79 Å². The summed E-state index contributed by atoms with van der Waals surface area (Å²) in [6.07, 6.45) is 2.41. The van der Waals surface area contributed by atoms with Crippen molar-refractivity contribution in [3.8, 4) is 17.2 Å². The molecule has 1 amide bonds. The van der Waals surface area contributed by atoms with E-state index >= 15 is 0 Å². The molecule has 0 saturated heterocycles. The number of hydrogen-bond donors (Lipinski definition) is 1. The maximum absolute atomic E-state index is 12.3. The fourth-order valence-electron chi connectivity index (χ4n) is 2.15. The Balaban J connectivity index is 2.06. The molecule has 0 aliphatic heterocycles. The molecule has 0 radical (unpaired) electrons. The number of amides is 1. The van der Waals surface area contributed by atoms with E-state index < -0.39 is 0 Å². The number of nitrogens with one attached hydrogen (secondary N) is 1. The highest BCUT2D eigenvalue weighted by Crippen LogP contribution is 2.26. The third kappa shape index (κ3) is 4.97. The van der Waals surface area contributed by atoms with Crippen molar-refractivity contribution in [3.63, 3.8) is 0 Å². The van der Waals surface area contributed by atoms with Crippen molar-refractivity contribution in [1.29, 1.82) is 0 Å². The second-order valence-electron chi connectivity index (χ2n) is 5.16. The number of nitrogens with zero attached hydrogens (tertiary/aromatic N) is 1. The summed E-state index contributed by atoms with van der Waals surface area (Å²) in [6.45, 7) is 2.56. The predicted octanol–water partition coefficient (Wildman–Crippen LogP) is 3.26. The van der Waals surface area contributed by atoms with E-state index in [-0.39, 0.29) is 5.91 Å². The molecule has 25 heavy (non-hydrogen) atoms. The third-order valence-corrected chi connectivity index (χ3v) is 3.38. The minimum Gasteiger partial charge on any atom is -0.493 e. The van der Waals surface area contributed by atoms with E-state index in [0.29, 0.717) is 29.4 Å². The minimum atomic E-state index is -0.330. The average molecular weight is 342 g/mol. The number of methoxy groups -OCH3 is 2. The Bertz CT molecular complexity index is 744. The molecule has 6 nitrogen and oxygen atoms in total. The van der Waals surface area contributed by atoms with Gasteiger partial charge in [-0.2, -0.15) is 5.10 Å². The lowest BCUT2D eigenvalue weighted by atomic mass is 10.2. The van der Waals surface area contributed by atoms with Gasteiger partial charge in [0, 0.05) is 0 Å². The van der Waals surface area contributed by atoms with E-state index in [1.807, 2.05) is 19.1 Å². The van der Waals surface area contributed by atoms with Crippen LogP contribution in [0.4, 0.5) is 0 Å². The van der Waals surface area contributed by atoms with Crippen molar-refractivity contribution in [2.75, 3.05) is 20.8 Å². The summed E-state index contributed by atoms with van der Waals surface area (Å²) in [5.41, 5.74) is 3.73. The molecule has 1 N–H and O–H groups in total. The lowest BCUT2D eigenvalue weighted by Gasteiger charge is -2.09. The number of carbonyl (C=O) groups excluding carboxylic acids is 1. The maximum atomic E-state index is 12.3. The molecule has 0 saturated carbocycles. The van der Waals surface area contributed by atoms with Crippen LogP contribution in [0.1, 0.15) is 29.3 Å². The molecule has 0 unspecified atom stereocenters. The normalized spacial score (nSPS) is 10.5. The SMILES string of the molecule is CCCOc1ccccc1C(=O)NN=Cc1ccc(OC)c(OC)c1. The van der Waals surface area contributed by atoms with Gasteiger partial charge in [0.25, 0.3) is 5.91 Å². The summed E-state index contributed by atoms with van der Waals surface area (Å²) in [6, 6.07) is 12.4. The van der Waals surface area contributed by atoms with Gasteiger partial charge in [0.1, 0.15) is 5.75 Å². The quantitative estimate of drug-likeness (QED) is 0.590. The van der Waals surface area contributed by atoms with Gasteiger partial charge in [-0.25, -0.2) is 5.43 Å². The number of benzene rings is 2. The number of para-hydroxylation sites is 1. The zero-order chi connectivity index (χ0) is 18.1. The van der Waals surface area contributed by atoms with Gasteiger partial charge >= 0.3 is 0 Å². The molecular formula is C19H22N2O4. The molecule has 0 aliphatic carbocycles. The third-order valence-electron chi connectivity index (χ3n) is 3.38. The number of carbonyl (C=O) groups is 1. The van der Waals surface area contributed by atoms with Crippen LogP contribution in [0, 0.1) is 0 Å². The Morgan fingerprint density at radius 3 is 2.56 bits per heavy atom. The fraction of sp³-hybridized carbons (Fsp3) is 0.263. The zero-order valence-electron chi connectivity index (χ0n) is 14.6. The molecule has 2 aromatic rings. The van der Waals surface area contributed by atoms with Gasteiger partial charge in [0.15, 0.2) is 11.5 Å². The number of rotatable bonds is 8. The second-order valence-corrected chi connectivity index (χ2v) is 5.16. The van der Waals surface area contributed by atoms with Gasteiger partial charge in [-0.3, -0.25) is 4.79 Å². The van der Waals surface area contributed by atoms with Gasteiger partial charge in [-0.05, 0) is 42.3 Å². The summed E-state index contributed by atoms with van der Waals surface area (Å²) in [4.78, 5) is 12.3. The van der Waals surface area contributed by atoms with E-state index in [0.717, 1.165) is 12.0 Å². The molecule has 0 atom stereocenters. The second kappa shape index (κ2) is 9.32. The van der Waals surface area contributed by atoms with E-state index in [4.69, 9.17) is 14.2 Å². The number of hydrogen-bond acceptors (Lipinski definition) is 5. The molecule has 0 spiro atoms. The molecule has 0 bridgehead atoms. The zero-order valence-corrected chi connectivity index (χ0v) is 14.6. The Morgan fingerprint density at radius 1 is 1.08 bits per heavy atom. The van der Waals surface area contributed by atoms with Crippen LogP contribution in [0.15, 0.2) is 47.6 Å². The van der Waals surface area contributed by atoms with Gasteiger partial charge in [-0.1, -0.05) is 19.1 Å². The Hall–Kier alpha value is -3.02. The van der Waals surface area contributed by atoms with Crippen molar-refractivity contribution < 1.29 is 19.0 Å². The summed E-state index contributed by atoms with van der Waals surface area (Å²) in [5.74, 6) is 1.44. The summed E-state index contributed by atoms with van der Waals surface area (Å²) in [7, 11) is 3.14. The summed E-state index contributed by atoms with van der Waals surface area (Å²) < 4.78 is 16.0. The monoisotopic (exact) mass is 342 g/mol. The molecule has 132 valence electrons. The Labute approximate surface area is 147 Å². The van der Waals surface area contributed by atoms with Gasteiger partial charge in [0.2, 0.25) is 0 Å². The highest BCUT2D eigenvalue weighted by atomic mass is 16.5. The fourth-order valence-corrected chi connectivity index (χ4v) is 2.15. The molecule has 2 rings (SSSR count). The van der Waals surface area contributed by atoms with Gasteiger partial charge in [0.05, 0.1) is 32.6 Å². The first-order chi connectivity index (χ1) is 12.2. The van der Waals surface area contributed by atoms with Crippen LogP contribution in [-0.4, -0.2) is 32.9 Å². The maximum Gasteiger partial charge on any atom is 0.275 e. The standard InChI is InChI=1S/C19H22N2O4/c1-4-11-25-16-8-6-5-7-15(16)19(22)21-20-13-14-9-10-17(23-2)18(12-14)24-3/h5-10,12-13H,4,11H2,1-3H3,(H,21,22). The average Bonchev–Trinajstić information content (AvgIpc) is 2.66. The van der Waals surface area contributed by atoms with E-state index in [2.05, 4.69) is 10.5 Å². The smallest absolute Gasteiger partial charge is 0.275 e. The highest BCUT2D eigenvalue weighted by Gasteiger charge is 2.11. The molecule has 0 aliphatic rings. The molecule has 0 aromatic heterocycles. The van der Waals surface area contributed by atoms with Crippen LogP contribution >= 0.6 is 0 Å². The first-order valence-electron chi connectivity index (χ1n) is 7.96. The molecule has 2 aromatic carbocycles. The first kappa shape index (κ1) is 18.3. The minimum absolute atomic E-state index is 0.330. The lowest BCUT2D eigenvalue weighted by molar-refractivity contribution is 0.0951. The van der Waals surface area contributed by atoms with E-state index in [1.165, 1.54) is 6.21 Å². The van der Waals surface area contributed by atoms with Crippen molar-refractivity contribution in [1.82, 2.24) is 5.43 Å². The molecule has 6 heteroatoms. The van der Waals surface area contributed by atoms with Crippen LogP contribution in [-0.2, 0) is 0 Å². The Morgan fingerprint density at radius 2 is 1.84 bits per heavy atom. The molecule has 0 fully saturated rings. The Kier molecular flexibility index (Phi) is 6.83. The number of hydrazone groups is 1. The van der Waals surface area contributed by atoms with Gasteiger partial charge in [-0.15, -0.1) is 0 Å². The van der Waals surface area contributed by atoms with Crippen LogP contribution in [0.2, 0.25) is 0 Å². The lowest BCUT2D eigenvalue weighted by Crippen LogP contribution is -2.18. The number of ether oxygens (including phenoxy) is 3. The topological polar surface area (TPSA) is 69.2 Å². The van der Waals surface area contributed by atoms with Crippen molar-refractivity contribution >= 4 is 12.1 Å². The highest BCUT2D eigenvalue weighted by molar-refractivity contribution is 5.97. The van der Waals surface area contributed by atoms with Crippen LogP contribution in [0.25, 0.3) is 0 Å². The van der Waals surface area contributed by atoms with Crippen molar-refractivity contribution in [2.45, 2.75) is 13.3 Å². The first-order valence-corrected chi connectivity index (χ1v) is 7.96. The van der Waals surface area contributed by atoms with E-state index in [1.54, 1.807) is 44.6 Å². The van der Waals surface area contributed by atoms with Crippen molar-refractivity contribution in [2.24, 2.45) is 5.10 Å². The summed E-state index contributed by atoms with van der Waals surface area (Å²) >= 11 is 0. The van der Waals surface area contributed by atoms with Gasteiger partial charge < -0.3 is 14.2 Å². The van der Waals surface area contributed by atoms with Crippen LogP contribution < -0.4 is 19.6 Å². The largest absolute Gasteiger partial charge is 0.493 e. The molecular weight excluding hydrogens is 320 g/mol. The van der Waals surface area contributed by atoms with Crippen molar-refractivity contribution in [3.05, 3.63) is 53.6 Å². The summed E-state index contributed by atoms with van der Waals surface area (Å²) in [5, 5.41) is 3.99. The van der Waals surface area contributed by atoms with Crippen LogP contribution in [0.5, 0.6) is 17.2 Å². The molecule has 0 heterocycles. The predicted molar refractivity (Wildman–Crippen MR) is 96.8 cm³/mol.